The van der Waals surface area contributed by atoms with Crippen LogP contribution in [0.15, 0.2) is 41.4 Å². The molecule has 1 aliphatic rings. The third-order valence-electron chi connectivity index (χ3n) is 4.06. The Hall–Kier alpha value is -2.15. The molecular formula is C18H17ClN2O3S. The summed E-state index contributed by atoms with van der Waals surface area (Å²) in [6, 6.07) is 8.74. The Morgan fingerprint density at radius 1 is 1.24 bits per heavy atom. The van der Waals surface area contributed by atoms with E-state index in [1.807, 2.05) is 24.4 Å². The molecule has 2 heterocycles. The Morgan fingerprint density at radius 3 is 2.60 bits per heavy atom. The summed E-state index contributed by atoms with van der Waals surface area (Å²) in [5, 5.41) is 11.6. The summed E-state index contributed by atoms with van der Waals surface area (Å²) < 4.78 is 0. The van der Waals surface area contributed by atoms with Gasteiger partial charge in [0.05, 0.1) is 17.9 Å². The fourth-order valence-corrected chi connectivity index (χ4v) is 3.67. The molecular weight excluding hydrogens is 360 g/mol. The maximum absolute atomic E-state index is 13.1. The molecule has 0 spiro atoms. The minimum atomic E-state index is -0.413. The van der Waals surface area contributed by atoms with E-state index in [2.05, 4.69) is 0 Å². The number of carbonyl (C=O) groups is 2. The van der Waals surface area contributed by atoms with Crippen molar-refractivity contribution in [3.63, 3.8) is 0 Å². The lowest BCUT2D eigenvalue weighted by Crippen LogP contribution is -2.34. The first-order valence-corrected chi connectivity index (χ1v) is 8.96. The van der Waals surface area contributed by atoms with E-state index >= 15 is 0 Å². The van der Waals surface area contributed by atoms with Crippen LogP contribution >= 0.6 is 22.9 Å². The molecule has 1 aliphatic heterocycles. The summed E-state index contributed by atoms with van der Waals surface area (Å²) in [6.07, 6.45) is 0. The van der Waals surface area contributed by atoms with Crippen LogP contribution in [0.2, 0.25) is 5.02 Å². The quantitative estimate of drug-likeness (QED) is 0.815. The number of aliphatic hydroxyl groups excluding tert-OH is 1. The predicted octanol–water partition coefficient (Wildman–Crippen LogP) is 2.92. The highest BCUT2D eigenvalue weighted by atomic mass is 35.5. The molecule has 2 aromatic rings. The second kappa shape index (κ2) is 7.00. The van der Waals surface area contributed by atoms with Crippen LogP contribution in [-0.2, 0) is 9.59 Å². The first-order chi connectivity index (χ1) is 12.0. The molecule has 0 fully saturated rings. The molecule has 1 aromatic carbocycles. The second-order valence-electron chi connectivity index (χ2n) is 5.73. The van der Waals surface area contributed by atoms with Gasteiger partial charge < -0.3 is 10.0 Å². The fourth-order valence-electron chi connectivity index (χ4n) is 2.73. The Morgan fingerprint density at radius 2 is 2.00 bits per heavy atom. The number of hydrogen-bond donors (Lipinski definition) is 1. The first-order valence-electron chi connectivity index (χ1n) is 7.70. The Balaban J connectivity index is 2.10. The largest absolute Gasteiger partial charge is 0.395 e. The monoisotopic (exact) mass is 376 g/mol. The molecule has 2 amide bonds. The highest BCUT2D eigenvalue weighted by Crippen LogP contribution is 2.36. The first kappa shape index (κ1) is 17.7. The number of imide groups is 1. The van der Waals surface area contributed by atoms with Crippen molar-refractivity contribution in [2.75, 3.05) is 25.1 Å². The van der Waals surface area contributed by atoms with E-state index in [-0.39, 0.29) is 24.8 Å². The van der Waals surface area contributed by atoms with Gasteiger partial charge in [-0.15, -0.1) is 11.3 Å². The van der Waals surface area contributed by atoms with Crippen LogP contribution in [0.4, 0.5) is 5.69 Å². The van der Waals surface area contributed by atoms with E-state index in [0.29, 0.717) is 16.3 Å². The molecule has 3 rings (SSSR count). The Bertz CT molecular complexity index is 861. The van der Waals surface area contributed by atoms with Crippen molar-refractivity contribution in [2.45, 2.75) is 6.92 Å². The molecule has 25 heavy (non-hydrogen) atoms. The Kier molecular flexibility index (Phi) is 4.94. The summed E-state index contributed by atoms with van der Waals surface area (Å²) in [4.78, 5) is 29.6. The average Bonchev–Trinajstić information content (AvgIpc) is 3.17. The summed E-state index contributed by atoms with van der Waals surface area (Å²) in [5.41, 5.74) is 1.95. The maximum Gasteiger partial charge on any atom is 0.282 e. The zero-order chi connectivity index (χ0) is 18.1. The molecule has 7 heteroatoms. The lowest BCUT2D eigenvalue weighted by Gasteiger charge is -2.20. The van der Waals surface area contributed by atoms with Crippen molar-refractivity contribution in [3.8, 4) is 0 Å². The lowest BCUT2D eigenvalue weighted by atomic mass is 10.1. The lowest BCUT2D eigenvalue weighted by molar-refractivity contribution is -0.120. The van der Waals surface area contributed by atoms with Gasteiger partial charge in [-0.1, -0.05) is 23.7 Å². The number of halogens is 1. The van der Waals surface area contributed by atoms with E-state index in [0.717, 1.165) is 15.3 Å². The predicted molar refractivity (Wildman–Crippen MR) is 99.6 cm³/mol. The third kappa shape index (κ3) is 3.08. The van der Waals surface area contributed by atoms with E-state index in [9.17, 15) is 14.7 Å². The minimum absolute atomic E-state index is 0.116. The van der Waals surface area contributed by atoms with Gasteiger partial charge in [-0.3, -0.25) is 9.59 Å². The topological polar surface area (TPSA) is 60.9 Å². The van der Waals surface area contributed by atoms with Crippen LogP contribution in [0.1, 0.15) is 10.4 Å². The summed E-state index contributed by atoms with van der Waals surface area (Å²) in [6.45, 7) is 2.00. The second-order valence-corrected chi connectivity index (χ2v) is 7.08. The zero-order valence-corrected chi connectivity index (χ0v) is 15.4. The molecule has 0 radical (unpaired) electrons. The van der Waals surface area contributed by atoms with Crippen LogP contribution < -0.4 is 4.90 Å². The molecule has 0 bridgehead atoms. The normalized spacial score (nSPS) is 14.6. The highest BCUT2D eigenvalue weighted by Gasteiger charge is 2.42. The number of amides is 2. The number of nitrogens with zero attached hydrogens (tertiary/aromatic N) is 2. The van der Waals surface area contributed by atoms with Crippen LogP contribution in [0.25, 0.3) is 5.57 Å². The number of benzene rings is 1. The number of thiophene rings is 1. The van der Waals surface area contributed by atoms with Gasteiger partial charge in [0.1, 0.15) is 5.70 Å². The van der Waals surface area contributed by atoms with Crippen molar-refractivity contribution >= 4 is 46.0 Å². The molecule has 1 N–H and O–H groups in total. The molecule has 1 aromatic heterocycles. The standard InChI is InChI=1S/C18H17ClN2O3S/c1-11-5-6-12(10-13(11)19)21-17(23)15(14-4-3-9-25-14)16(18(21)24)20(2)7-8-22/h3-6,9-10,22H,7-8H2,1-2H3. The number of carbonyl (C=O) groups excluding carboxylic acids is 2. The summed E-state index contributed by atoms with van der Waals surface area (Å²) >= 11 is 7.56. The molecule has 0 atom stereocenters. The number of anilines is 1. The van der Waals surface area contributed by atoms with E-state index in [4.69, 9.17) is 11.6 Å². The van der Waals surface area contributed by atoms with Crippen molar-refractivity contribution in [1.29, 1.82) is 0 Å². The molecule has 0 saturated carbocycles. The molecule has 130 valence electrons. The summed E-state index contributed by atoms with van der Waals surface area (Å²) in [7, 11) is 1.69. The SMILES string of the molecule is Cc1ccc(N2C(=O)C(c3cccs3)=C(N(C)CCO)C2=O)cc1Cl. The van der Waals surface area contributed by atoms with Crippen LogP contribution in [-0.4, -0.2) is 42.0 Å². The van der Waals surface area contributed by atoms with Gasteiger partial charge in [-0.25, -0.2) is 4.90 Å². The molecule has 5 nitrogen and oxygen atoms in total. The van der Waals surface area contributed by atoms with E-state index < -0.39 is 5.91 Å². The average molecular weight is 377 g/mol. The van der Waals surface area contributed by atoms with Gasteiger partial charge >= 0.3 is 0 Å². The van der Waals surface area contributed by atoms with Gasteiger partial charge in [0.25, 0.3) is 11.8 Å². The van der Waals surface area contributed by atoms with Gasteiger partial charge in [-0.2, -0.15) is 0 Å². The van der Waals surface area contributed by atoms with Gasteiger partial charge in [0, 0.05) is 23.5 Å². The number of aryl methyl sites for hydroxylation is 1. The molecule has 0 saturated heterocycles. The summed E-state index contributed by atoms with van der Waals surface area (Å²) in [5.74, 6) is -0.795. The zero-order valence-electron chi connectivity index (χ0n) is 13.8. The van der Waals surface area contributed by atoms with E-state index in [1.165, 1.54) is 11.3 Å². The number of likely N-dealkylation sites (N-methyl/N-ethyl adjacent to an activating group) is 1. The molecule has 0 unspecified atom stereocenters. The number of aliphatic hydroxyl groups is 1. The van der Waals surface area contributed by atoms with Crippen LogP contribution in [0.5, 0.6) is 0 Å². The van der Waals surface area contributed by atoms with Crippen LogP contribution in [0.3, 0.4) is 0 Å². The Labute approximate surface area is 154 Å². The van der Waals surface area contributed by atoms with Crippen LogP contribution in [0, 0.1) is 6.92 Å². The van der Waals surface area contributed by atoms with Gasteiger partial charge in [0.2, 0.25) is 0 Å². The highest BCUT2D eigenvalue weighted by molar-refractivity contribution is 7.11. The van der Waals surface area contributed by atoms with E-state index in [1.54, 1.807) is 30.1 Å². The minimum Gasteiger partial charge on any atom is -0.395 e. The van der Waals surface area contributed by atoms with Crippen molar-refractivity contribution in [1.82, 2.24) is 4.90 Å². The van der Waals surface area contributed by atoms with Gasteiger partial charge in [-0.05, 0) is 36.1 Å². The number of rotatable bonds is 5. The van der Waals surface area contributed by atoms with Crippen molar-refractivity contribution < 1.29 is 14.7 Å². The number of hydrogen-bond acceptors (Lipinski definition) is 5. The fraction of sp³-hybridized carbons (Fsp3) is 0.222. The molecule has 0 aliphatic carbocycles. The van der Waals surface area contributed by atoms with Crippen molar-refractivity contribution in [2.24, 2.45) is 0 Å². The smallest absolute Gasteiger partial charge is 0.282 e. The third-order valence-corrected chi connectivity index (χ3v) is 5.35. The maximum atomic E-state index is 13.1. The van der Waals surface area contributed by atoms with Crippen molar-refractivity contribution in [3.05, 3.63) is 56.9 Å². The van der Waals surface area contributed by atoms with Gasteiger partial charge in [0.15, 0.2) is 0 Å².